The Bertz CT molecular complexity index is 1350. The Morgan fingerprint density at radius 1 is 0.781 bits per heavy atom. The van der Waals surface area contributed by atoms with Gasteiger partial charge in [-0.2, -0.15) is 0 Å². The standard InChI is InChI=1S/C25H17Cl2N3O2/c26-20-6-2-1-5-19(20)24(31)28-17-11-9-16(10-12-17)25(32)29-15-18-13-14-23(27)30(18)22-8-4-3-7-21(22)29/h1-14H,15H2,(H,28,31). The average Bonchev–Trinajstić information content (AvgIpc) is 3.19. The van der Waals surface area contributed by atoms with Gasteiger partial charge in [-0.25, -0.2) is 0 Å². The summed E-state index contributed by atoms with van der Waals surface area (Å²) in [6.07, 6.45) is 0. The number of amides is 2. The van der Waals surface area contributed by atoms with Crippen LogP contribution in [-0.4, -0.2) is 16.4 Å². The molecule has 0 saturated heterocycles. The Morgan fingerprint density at radius 3 is 2.22 bits per heavy atom. The molecule has 158 valence electrons. The van der Waals surface area contributed by atoms with Gasteiger partial charge in [0.1, 0.15) is 5.15 Å². The predicted octanol–water partition coefficient (Wildman–Crippen LogP) is 6.20. The molecule has 4 aromatic rings. The Hall–Kier alpha value is -3.54. The lowest BCUT2D eigenvalue weighted by atomic mass is 10.1. The molecule has 5 nitrogen and oxygen atoms in total. The summed E-state index contributed by atoms with van der Waals surface area (Å²) in [5.74, 6) is -0.442. The SMILES string of the molecule is O=C(Nc1ccc(C(=O)N2Cc3ccc(Cl)n3-c3ccccc32)cc1)c1ccccc1Cl. The summed E-state index contributed by atoms with van der Waals surface area (Å²) >= 11 is 12.5. The Morgan fingerprint density at radius 2 is 1.47 bits per heavy atom. The van der Waals surface area contributed by atoms with Crippen LogP contribution in [0.2, 0.25) is 10.2 Å². The van der Waals surface area contributed by atoms with Crippen molar-refractivity contribution < 1.29 is 9.59 Å². The number of carbonyl (C=O) groups is 2. The normalized spacial score (nSPS) is 12.1. The van der Waals surface area contributed by atoms with E-state index in [-0.39, 0.29) is 11.8 Å². The van der Waals surface area contributed by atoms with Crippen LogP contribution in [0.5, 0.6) is 0 Å². The molecule has 5 rings (SSSR count). The third kappa shape index (κ3) is 3.55. The first-order chi connectivity index (χ1) is 15.5. The molecule has 0 aliphatic carbocycles. The quantitative estimate of drug-likeness (QED) is 0.394. The molecular formula is C25H17Cl2N3O2. The van der Waals surface area contributed by atoms with E-state index in [0.717, 1.165) is 17.1 Å². The number of carbonyl (C=O) groups excluding carboxylic acids is 2. The van der Waals surface area contributed by atoms with Crippen molar-refractivity contribution in [3.63, 3.8) is 0 Å². The van der Waals surface area contributed by atoms with Crippen LogP contribution in [-0.2, 0) is 6.54 Å². The van der Waals surface area contributed by atoms with Gasteiger partial charge in [-0.05, 0) is 60.7 Å². The van der Waals surface area contributed by atoms with E-state index in [9.17, 15) is 9.59 Å². The molecule has 0 bridgehead atoms. The topological polar surface area (TPSA) is 54.3 Å². The fraction of sp³-hybridized carbons (Fsp3) is 0.0400. The molecular weight excluding hydrogens is 445 g/mol. The zero-order chi connectivity index (χ0) is 22.2. The summed E-state index contributed by atoms with van der Waals surface area (Å²) in [6.45, 7) is 0.410. The fourth-order valence-corrected chi connectivity index (χ4v) is 4.33. The molecule has 1 aliphatic rings. The number of halogens is 2. The van der Waals surface area contributed by atoms with Gasteiger partial charge in [-0.15, -0.1) is 0 Å². The summed E-state index contributed by atoms with van der Waals surface area (Å²) in [7, 11) is 0. The minimum atomic E-state index is -0.308. The first kappa shape index (κ1) is 20.4. The lowest BCUT2D eigenvalue weighted by Crippen LogP contribution is -2.35. The molecule has 7 heteroatoms. The minimum absolute atomic E-state index is 0.134. The largest absolute Gasteiger partial charge is 0.322 e. The molecule has 0 fully saturated rings. The third-order valence-electron chi connectivity index (χ3n) is 5.40. The van der Waals surface area contributed by atoms with Gasteiger partial charge in [-0.1, -0.05) is 47.5 Å². The number of nitrogens with zero attached hydrogens (tertiary/aromatic N) is 2. The molecule has 0 spiro atoms. The number of aromatic nitrogens is 1. The monoisotopic (exact) mass is 461 g/mol. The molecule has 2 amide bonds. The molecule has 1 N–H and O–H groups in total. The van der Waals surface area contributed by atoms with E-state index in [1.54, 1.807) is 53.4 Å². The van der Waals surface area contributed by atoms with Crippen LogP contribution in [0, 0.1) is 0 Å². The second kappa shape index (κ2) is 8.19. The molecule has 3 aromatic carbocycles. The zero-order valence-electron chi connectivity index (χ0n) is 16.8. The summed E-state index contributed by atoms with van der Waals surface area (Å²) in [5.41, 5.74) is 4.07. The highest BCUT2D eigenvalue weighted by molar-refractivity contribution is 6.34. The van der Waals surface area contributed by atoms with Crippen molar-refractivity contribution in [1.29, 1.82) is 0 Å². The van der Waals surface area contributed by atoms with Crippen molar-refractivity contribution >= 4 is 46.4 Å². The second-order valence-electron chi connectivity index (χ2n) is 7.37. The van der Waals surface area contributed by atoms with Crippen LogP contribution >= 0.6 is 23.2 Å². The van der Waals surface area contributed by atoms with Crippen LogP contribution in [0.4, 0.5) is 11.4 Å². The molecule has 0 radical (unpaired) electrons. The van der Waals surface area contributed by atoms with Crippen molar-refractivity contribution in [2.75, 3.05) is 10.2 Å². The number of benzene rings is 3. The van der Waals surface area contributed by atoms with Gasteiger partial charge in [0.05, 0.1) is 28.5 Å². The third-order valence-corrected chi connectivity index (χ3v) is 6.03. The number of anilines is 2. The Labute approximate surface area is 194 Å². The Balaban J connectivity index is 1.39. The van der Waals surface area contributed by atoms with Gasteiger partial charge in [-0.3, -0.25) is 9.59 Å². The van der Waals surface area contributed by atoms with Crippen LogP contribution in [0.3, 0.4) is 0 Å². The number of nitrogens with one attached hydrogen (secondary N) is 1. The predicted molar refractivity (Wildman–Crippen MR) is 127 cm³/mol. The van der Waals surface area contributed by atoms with Crippen LogP contribution in [0.15, 0.2) is 84.9 Å². The molecule has 0 atom stereocenters. The van der Waals surface area contributed by atoms with Crippen molar-refractivity contribution in [2.24, 2.45) is 0 Å². The number of fused-ring (bicyclic) bond motifs is 3. The van der Waals surface area contributed by atoms with E-state index >= 15 is 0 Å². The van der Waals surface area contributed by atoms with Crippen LogP contribution in [0.25, 0.3) is 5.69 Å². The molecule has 2 heterocycles. The summed E-state index contributed by atoms with van der Waals surface area (Å²) in [6, 6.07) is 25.1. The lowest BCUT2D eigenvalue weighted by Gasteiger charge is -2.31. The van der Waals surface area contributed by atoms with Crippen molar-refractivity contribution in [3.8, 4) is 5.69 Å². The molecule has 1 aromatic heterocycles. The minimum Gasteiger partial charge on any atom is -0.322 e. The number of para-hydroxylation sites is 2. The van der Waals surface area contributed by atoms with Crippen molar-refractivity contribution in [2.45, 2.75) is 6.54 Å². The molecule has 0 unspecified atom stereocenters. The van der Waals surface area contributed by atoms with Gasteiger partial charge in [0.2, 0.25) is 0 Å². The summed E-state index contributed by atoms with van der Waals surface area (Å²) in [5, 5.41) is 3.80. The van der Waals surface area contributed by atoms with Crippen molar-refractivity contribution in [1.82, 2.24) is 4.57 Å². The van der Waals surface area contributed by atoms with E-state index in [2.05, 4.69) is 5.32 Å². The van der Waals surface area contributed by atoms with Gasteiger partial charge < -0.3 is 14.8 Å². The number of hydrogen-bond acceptors (Lipinski definition) is 2. The lowest BCUT2D eigenvalue weighted by molar-refractivity contribution is 0.0982. The first-order valence-corrected chi connectivity index (χ1v) is 10.7. The summed E-state index contributed by atoms with van der Waals surface area (Å²) < 4.78 is 1.95. The van der Waals surface area contributed by atoms with Crippen LogP contribution < -0.4 is 10.2 Å². The van der Waals surface area contributed by atoms with E-state index in [1.165, 1.54) is 0 Å². The zero-order valence-corrected chi connectivity index (χ0v) is 18.3. The Kier molecular flexibility index (Phi) is 5.21. The molecule has 32 heavy (non-hydrogen) atoms. The van der Waals surface area contributed by atoms with E-state index in [1.807, 2.05) is 41.0 Å². The summed E-state index contributed by atoms with van der Waals surface area (Å²) in [4.78, 5) is 27.6. The van der Waals surface area contributed by atoms with Gasteiger partial charge in [0.15, 0.2) is 0 Å². The highest BCUT2D eigenvalue weighted by Crippen LogP contribution is 2.36. The first-order valence-electron chi connectivity index (χ1n) is 9.96. The van der Waals surface area contributed by atoms with E-state index in [0.29, 0.717) is 33.5 Å². The highest BCUT2D eigenvalue weighted by Gasteiger charge is 2.28. The van der Waals surface area contributed by atoms with Gasteiger partial charge >= 0.3 is 0 Å². The smallest absolute Gasteiger partial charge is 0.258 e. The maximum Gasteiger partial charge on any atom is 0.258 e. The number of hydrogen-bond donors (Lipinski definition) is 1. The molecule has 1 aliphatic heterocycles. The van der Waals surface area contributed by atoms with E-state index in [4.69, 9.17) is 23.2 Å². The van der Waals surface area contributed by atoms with Gasteiger partial charge in [0, 0.05) is 16.9 Å². The average molecular weight is 462 g/mol. The fourth-order valence-electron chi connectivity index (χ4n) is 3.85. The second-order valence-corrected chi connectivity index (χ2v) is 8.17. The maximum atomic E-state index is 13.4. The highest BCUT2D eigenvalue weighted by atomic mass is 35.5. The van der Waals surface area contributed by atoms with Gasteiger partial charge in [0.25, 0.3) is 11.8 Å². The van der Waals surface area contributed by atoms with Crippen molar-refractivity contribution in [3.05, 3.63) is 112 Å². The molecule has 0 saturated carbocycles. The van der Waals surface area contributed by atoms with E-state index < -0.39 is 0 Å². The van der Waals surface area contributed by atoms with Crippen LogP contribution in [0.1, 0.15) is 26.4 Å². The number of rotatable bonds is 3. The maximum absolute atomic E-state index is 13.4.